The summed E-state index contributed by atoms with van der Waals surface area (Å²) in [4.78, 5) is 4.55. The quantitative estimate of drug-likeness (QED) is 0.740. The van der Waals surface area contributed by atoms with Crippen molar-refractivity contribution in [1.82, 2.24) is 9.55 Å². The van der Waals surface area contributed by atoms with Gasteiger partial charge in [-0.3, -0.25) is 0 Å². The fraction of sp³-hybridized carbons (Fsp3) is 0.188. The molecule has 0 bridgehead atoms. The Kier molecular flexibility index (Phi) is 3.26. The van der Waals surface area contributed by atoms with Crippen LogP contribution in [0.2, 0.25) is 5.02 Å². The number of halogens is 1. The summed E-state index contributed by atoms with van der Waals surface area (Å²) >= 11 is 6.07. The Bertz CT molecular complexity index is 804. The molecule has 3 aromatic rings. The zero-order chi connectivity index (χ0) is 15.1. The second kappa shape index (κ2) is 4.97. The van der Waals surface area contributed by atoms with Gasteiger partial charge in [0, 0.05) is 11.1 Å². The molecule has 1 heterocycles. The number of hydrogen-bond acceptors (Lipinski definition) is 3. The van der Waals surface area contributed by atoms with Crippen LogP contribution in [0.1, 0.15) is 19.9 Å². The zero-order valence-electron chi connectivity index (χ0n) is 11.7. The summed E-state index contributed by atoms with van der Waals surface area (Å²) in [5, 5.41) is 20.8. The summed E-state index contributed by atoms with van der Waals surface area (Å²) in [6, 6.07) is 10.2. The van der Waals surface area contributed by atoms with Crippen molar-refractivity contribution in [3.8, 4) is 22.9 Å². The van der Waals surface area contributed by atoms with Crippen LogP contribution in [0, 0.1) is 0 Å². The second-order valence-corrected chi connectivity index (χ2v) is 5.64. The standard InChI is InChI=1S/C16H15ClN2O2/c1-9(2)19-12-8-10(17)6-7-11(12)18-16(19)15-13(20)4-3-5-14(15)21/h3-9,20-21H,1-2H3. The van der Waals surface area contributed by atoms with Crippen molar-refractivity contribution in [2.45, 2.75) is 19.9 Å². The predicted octanol–water partition coefficient (Wildman–Crippen LogP) is 4.35. The summed E-state index contributed by atoms with van der Waals surface area (Å²) < 4.78 is 1.95. The van der Waals surface area contributed by atoms with Crippen LogP contribution in [0.25, 0.3) is 22.4 Å². The highest BCUT2D eigenvalue weighted by Gasteiger charge is 2.20. The number of phenolic OH excluding ortho intramolecular Hbond substituents is 2. The van der Waals surface area contributed by atoms with Crippen LogP contribution in [0.4, 0.5) is 0 Å². The average Bonchev–Trinajstić information content (AvgIpc) is 2.76. The molecular weight excluding hydrogens is 288 g/mol. The van der Waals surface area contributed by atoms with Gasteiger partial charge >= 0.3 is 0 Å². The van der Waals surface area contributed by atoms with Crippen molar-refractivity contribution >= 4 is 22.6 Å². The lowest BCUT2D eigenvalue weighted by atomic mass is 10.1. The molecule has 0 radical (unpaired) electrons. The number of hydrogen-bond donors (Lipinski definition) is 2. The summed E-state index contributed by atoms with van der Waals surface area (Å²) in [5.74, 6) is 0.523. The number of nitrogens with zero attached hydrogens (tertiary/aromatic N) is 2. The van der Waals surface area contributed by atoms with Gasteiger partial charge in [-0.05, 0) is 44.2 Å². The highest BCUT2D eigenvalue weighted by atomic mass is 35.5. The molecule has 0 atom stereocenters. The first-order chi connectivity index (χ1) is 9.99. The van der Waals surface area contributed by atoms with Crippen LogP contribution in [-0.2, 0) is 0 Å². The first kappa shape index (κ1) is 13.8. The Labute approximate surface area is 127 Å². The maximum Gasteiger partial charge on any atom is 0.148 e. The fourth-order valence-electron chi connectivity index (χ4n) is 2.52. The smallest absolute Gasteiger partial charge is 0.148 e. The molecule has 0 aliphatic rings. The van der Waals surface area contributed by atoms with Gasteiger partial charge in [-0.2, -0.15) is 0 Å². The minimum atomic E-state index is -0.00157. The van der Waals surface area contributed by atoms with E-state index >= 15 is 0 Å². The summed E-state index contributed by atoms with van der Waals surface area (Å²) in [5.41, 5.74) is 1.97. The van der Waals surface area contributed by atoms with Gasteiger partial charge in [0.25, 0.3) is 0 Å². The molecule has 108 valence electrons. The van der Waals surface area contributed by atoms with Crippen molar-refractivity contribution in [3.63, 3.8) is 0 Å². The predicted molar refractivity (Wildman–Crippen MR) is 83.9 cm³/mol. The molecule has 4 nitrogen and oxygen atoms in total. The van der Waals surface area contributed by atoms with Crippen LogP contribution in [0.3, 0.4) is 0 Å². The van der Waals surface area contributed by atoms with Crippen LogP contribution >= 0.6 is 11.6 Å². The molecule has 2 N–H and O–H groups in total. The van der Waals surface area contributed by atoms with E-state index < -0.39 is 0 Å². The molecule has 0 spiro atoms. The molecule has 21 heavy (non-hydrogen) atoms. The Morgan fingerprint density at radius 1 is 1.10 bits per heavy atom. The number of rotatable bonds is 2. The largest absolute Gasteiger partial charge is 0.507 e. The van der Waals surface area contributed by atoms with E-state index in [1.165, 1.54) is 12.1 Å². The van der Waals surface area contributed by atoms with Gasteiger partial charge in [0.05, 0.1) is 11.0 Å². The molecule has 0 saturated carbocycles. The second-order valence-electron chi connectivity index (χ2n) is 5.20. The van der Waals surface area contributed by atoms with E-state index in [1.807, 2.05) is 30.5 Å². The van der Waals surface area contributed by atoms with Crippen molar-refractivity contribution < 1.29 is 10.2 Å². The van der Waals surface area contributed by atoms with E-state index in [4.69, 9.17) is 11.6 Å². The van der Waals surface area contributed by atoms with Crippen LogP contribution in [0.5, 0.6) is 11.5 Å². The summed E-state index contributed by atoms with van der Waals surface area (Å²) in [7, 11) is 0. The Morgan fingerprint density at radius 2 is 1.76 bits per heavy atom. The van der Waals surface area contributed by atoms with Gasteiger partial charge in [-0.1, -0.05) is 17.7 Å². The van der Waals surface area contributed by atoms with Crippen molar-refractivity contribution in [1.29, 1.82) is 0 Å². The molecule has 0 amide bonds. The van der Waals surface area contributed by atoms with E-state index in [1.54, 1.807) is 12.1 Å². The first-order valence-electron chi connectivity index (χ1n) is 6.68. The van der Waals surface area contributed by atoms with Gasteiger partial charge in [-0.15, -0.1) is 0 Å². The minimum Gasteiger partial charge on any atom is -0.507 e. The van der Waals surface area contributed by atoms with Crippen LogP contribution < -0.4 is 0 Å². The molecule has 0 fully saturated rings. The van der Waals surface area contributed by atoms with Gasteiger partial charge < -0.3 is 14.8 Å². The lowest BCUT2D eigenvalue weighted by Crippen LogP contribution is -2.03. The number of imidazole rings is 1. The lowest BCUT2D eigenvalue weighted by molar-refractivity contribution is 0.452. The fourth-order valence-corrected chi connectivity index (χ4v) is 2.69. The van der Waals surface area contributed by atoms with Crippen molar-refractivity contribution in [3.05, 3.63) is 41.4 Å². The molecule has 0 aliphatic carbocycles. The highest BCUT2D eigenvalue weighted by Crippen LogP contribution is 2.39. The molecule has 0 aliphatic heterocycles. The third-order valence-electron chi connectivity index (χ3n) is 3.41. The number of benzene rings is 2. The topological polar surface area (TPSA) is 58.3 Å². The molecule has 0 unspecified atom stereocenters. The van der Waals surface area contributed by atoms with E-state index in [0.29, 0.717) is 16.4 Å². The maximum atomic E-state index is 10.1. The third kappa shape index (κ3) is 2.21. The lowest BCUT2D eigenvalue weighted by Gasteiger charge is -2.14. The number of phenols is 2. The van der Waals surface area contributed by atoms with Crippen LogP contribution in [-0.4, -0.2) is 19.8 Å². The van der Waals surface area contributed by atoms with Gasteiger partial charge in [-0.25, -0.2) is 4.98 Å². The van der Waals surface area contributed by atoms with Gasteiger partial charge in [0.15, 0.2) is 0 Å². The minimum absolute atomic E-state index is 0.00157. The van der Waals surface area contributed by atoms with Gasteiger partial charge in [0.2, 0.25) is 0 Å². The molecule has 0 saturated heterocycles. The molecule has 2 aromatic carbocycles. The zero-order valence-corrected chi connectivity index (χ0v) is 12.5. The highest BCUT2D eigenvalue weighted by molar-refractivity contribution is 6.31. The van der Waals surface area contributed by atoms with E-state index in [-0.39, 0.29) is 17.5 Å². The summed E-state index contributed by atoms with van der Waals surface area (Å²) in [6.07, 6.45) is 0. The molecular formula is C16H15ClN2O2. The van der Waals surface area contributed by atoms with E-state index in [9.17, 15) is 10.2 Å². The molecule has 3 rings (SSSR count). The van der Waals surface area contributed by atoms with Gasteiger partial charge in [0.1, 0.15) is 22.9 Å². The first-order valence-corrected chi connectivity index (χ1v) is 7.05. The number of aromatic hydroxyl groups is 2. The van der Waals surface area contributed by atoms with Crippen molar-refractivity contribution in [2.24, 2.45) is 0 Å². The third-order valence-corrected chi connectivity index (χ3v) is 3.65. The normalized spacial score (nSPS) is 11.4. The Balaban J connectivity index is 2.40. The monoisotopic (exact) mass is 302 g/mol. The Morgan fingerprint density at radius 3 is 2.38 bits per heavy atom. The Hall–Kier alpha value is -2.20. The van der Waals surface area contributed by atoms with E-state index in [2.05, 4.69) is 4.98 Å². The van der Waals surface area contributed by atoms with Crippen LogP contribution in [0.15, 0.2) is 36.4 Å². The maximum absolute atomic E-state index is 10.1. The number of fused-ring (bicyclic) bond motifs is 1. The summed E-state index contributed by atoms with van der Waals surface area (Å²) in [6.45, 7) is 4.03. The number of aromatic nitrogens is 2. The van der Waals surface area contributed by atoms with Crippen molar-refractivity contribution in [2.75, 3.05) is 0 Å². The van der Waals surface area contributed by atoms with E-state index in [0.717, 1.165) is 11.0 Å². The average molecular weight is 303 g/mol. The SMILES string of the molecule is CC(C)n1c(-c2c(O)cccc2O)nc2ccc(Cl)cc21. The molecule has 1 aromatic heterocycles. The molecule has 5 heteroatoms.